The Bertz CT molecular complexity index is 547. The van der Waals surface area contributed by atoms with Crippen LogP contribution in [0.5, 0.6) is 0 Å². The van der Waals surface area contributed by atoms with E-state index < -0.39 is 5.97 Å². The zero-order chi connectivity index (χ0) is 17.2. The number of carbonyl (C=O) groups is 3. The summed E-state index contributed by atoms with van der Waals surface area (Å²) < 4.78 is 4.44. The van der Waals surface area contributed by atoms with Crippen LogP contribution in [0, 0.1) is 0 Å². The number of rotatable bonds is 8. The van der Waals surface area contributed by atoms with Gasteiger partial charge >= 0.3 is 5.97 Å². The van der Waals surface area contributed by atoms with Crippen molar-refractivity contribution in [2.75, 3.05) is 19.0 Å². The van der Waals surface area contributed by atoms with Crippen molar-refractivity contribution in [1.29, 1.82) is 0 Å². The number of carbonyl (C=O) groups excluding carboxylic acids is 3. The molecule has 1 aromatic carbocycles. The number of esters is 1. The SMILES string of the molecule is COC(=O)CNC(=O)Cc1ccc(NC(=O)CCC(C)N)cc1.Cl. The number of nitrogens with one attached hydrogen (secondary N) is 2. The molecule has 1 rings (SSSR count). The Morgan fingerprint density at radius 1 is 1.17 bits per heavy atom. The molecule has 0 saturated carbocycles. The first-order chi connectivity index (χ1) is 10.9. The molecule has 2 amide bonds. The summed E-state index contributed by atoms with van der Waals surface area (Å²) in [5.74, 6) is -0.863. The van der Waals surface area contributed by atoms with Crippen LogP contribution in [0.15, 0.2) is 24.3 Å². The molecular formula is C16H24ClN3O4. The van der Waals surface area contributed by atoms with Crippen molar-refractivity contribution in [3.63, 3.8) is 0 Å². The van der Waals surface area contributed by atoms with E-state index in [1.165, 1.54) is 7.11 Å². The topological polar surface area (TPSA) is 111 Å². The van der Waals surface area contributed by atoms with Crippen molar-refractivity contribution < 1.29 is 19.1 Å². The van der Waals surface area contributed by atoms with Gasteiger partial charge in [-0.25, -0.2) is 0 Å². The first-order valence-electron chi connectivity index (χ1n) is 7.38. The van der Waals surface area contributed by atoms with Gasteiger partial charge in [0.2, 0.25) is 11.8 Å². The Hall–Kier alpha value is -2.12. The number of nitrogens with two attached hydrogens (primary N) is 1. The summed E-state index contributed by atoms with van der Waals surface area (Å²) in [5.41, 5.74) is 7.05. The van der Waals surface area contributed by atoms with Crippen LogP contribution in [0.25, 0.3) is 0 Å². The molecule has 7 nitrogen and oxygen atoms in total. The summed E-state index contributed by atoms with van der Waals surface area (Å²) in [6.07, 6.45) is 1.15. The van der Waals surface area contributed by atoms with Gasteiger partial charge < -0.3 is 21.1 Å². The number of hydrogen-bond acceptors (Lipinski definition) is 5. The van der Waals surface area contributed by atoms with Crippen molar-refractivity contribution >= 4 is 35.9 Å². The van der Waals surface area contributed by atoms with Gasteiger partial charge in [0.1, 0.15) is 6.54 Å². The number of hydrogen-bond donors (Lipinski definition) is 3. The van der Waals surface area contributed by atoms with E-state index >= 15 is 0 Å². The van der Waals surface area contributed by atoms with Gasteiger partial charge in [0.25, 0.3) is 0 Å². The van der Waals surface area contributed by atoms with E-state index in [1.54, 1.807) is 24.3 Å². The van der Waals surface area contributed by atoms with E-state index in [4.69, 9.17) is 5.73 Å². The predicted molar refractivity (Wildman–Crippen MR) is 93.9 cm³/mol. The molecule has 0 saturated heterocycles. The summed E-state index contributed by atoms with van der Waals surface area (Å²) in [6, 6.07) is 6.95. The van der Waals surface area contributed by atoms with Crippen molar-refractivity contribution in [2.24, 2.45) is 5.73 Å². The molecule has 0 radical (unpaired) electrons. The molecule has 8 heteroatoms. The van der Waals surface area contributed by atoms with Crippen LogP contribution in [-0.2, 0) is 25.5 Å². The molecule has 0 aromatic heterocycles. The molecule has 24 heavy (non-hydrogen) atoms. The summed E-state index contributed by atoms with van der Waals surface area (Å²) in [4.78, 5) is 34.3. The number of halogens is 1. The summed E-state index contributed by atoms with van der Waals surface area (Å²) in [6.45, 7) is 1.70. The lowest BCUT2D eigenvalue weighted by Gasteiger charge is -2.08. The van der Waals surface area contributed by atoms with Gasteiger partial charge in [-0.15, -0.1) is 12.4 Å². The van der Waals surface area contributed by atoms with Crippen LogP contribution in [0.2, 0.25) is 0 Å². The van der Waals surface area contributed by atoms with Crippen LogP contribution >= 0.6 is 12.4 Å². The number of anilines is 1. The molecule has 0 aliphatic rings. The minimum absolute atomic E-state index is 0. The highest BCUT2D eigenvalue weighted by Gasteiger charge is 2.07. The first-order valence-corrected chi connectivity index (χ1v) is 7.38. The molecular weight excluding hydrogens is 334 g/mol. The summed E-state index contributed by atoms with van der Waals surface area (Å²) in [5, 5.41) is 5.23. The van der Waals surface area contributed by atoms with Gasteiger partial charge in [-0.05, 0) is 31.0 Å². The fourth-order valence-corrected chi connectivity index (χ4v) is 1.78. The van der Waals surface area contributed by atoms with E-state index in [0.717, 1.165) is 5.56 Å². The third-order valence-corrected chi connectivity index (χ3v) is 3.09. The quantitative estimate of drug-likeness (QED) is 0.601. The molecule has 0 bridgehead atoms. The van der Waals surface area contributed by atoms with Crippen molar-refractivity contribution in [3.05, 3.63) is 29.8 Å². The lowest BCUT2D eigenvalue weighted by atomic mass is 10.1. The smallest absolute Gasteiger partial charge is 0.325 e. The number of ether oxygens (including phenoxy) is 1. The Morgan fingerprint density at radius 3 is 2.33 bits per heavy atom. The molecule has 0 aliphatic carbocycles. The van der Waals surface area contributed by atoms with Crippen LogP contribution < -0.4 is 16.4 Å². The summed E-state index contributed by atoms with van der Waals surface area (Å²) >= 11 is 0. The van der Waals surface area contributed by atoms with E-state index in [-0.39, 0.29) is 43.2 Å². The average Bonchev–Trinajstić information content (AvgIpc) is 2.52. The average molecular weight is 358 g/mol. The minimum atomic E-state index is -0.497. The van der Waals surface area contributed by atoms with Crippen molar-refractivity contribution in [2.45, 2.75) is 32.2 Å². The highest BCUT2D eigenvalue weighted by Crippen LogP contribution is 2.11. The molecule has 1 aromatic rings. The standard InChI is InChI=1S/C16H23N3O4.ClH/c1-11(17)3-8-14(20)19-13-6-4-12(5-7-13)9-15(21)18-10-16(22)23-2;/h4-7,11H,3,8-10,17H2,1-2H3,(H,18,21)(H,19,20);1H. The van der Waals surface area contributed by atoms with Gasteiger partial charge in [-0.3, -0.25) is 14.4 Å². The van der Waals surface area contributed by atoms with Gasteiger partial charge in [0, 0.05) is 18.2 Å². The third kappa shape index (κ3) is 9.12. The Kier molecular flexibility index (Phi) is 10.4. The monoisotopic (exact) mass is 357 g/mol. The molecule has 1 atom stereocenters. The van der Waals surface area contributed by atoms with Crippen LogP contribution in [0.1, 0.15) is 25.3 Å². The van der Waals surface area contributed by atoms with E-state index in [0.29, 0.717) is 18.5 Å². The molecule has 1 unspecified atom stereocenters. The van der Waals surface area contributed by atoms with Gasteiger partial charge in [-0.1, -0.05) is 12.1 Å². The molecule has 0 heterocycles. The molecule has 4 N–H and O–H groups in total. The number of amides is 2. The lowest BCUT2D eigenvalue weighted by Crippen LogP contribution is -2.31. The molecule has 0 aliphatic heterocycles. The second-order valence-corrected chi connectivity index (χ2v) is 5.29. The second-order valence-electron chi connectivity index (χ2n) is 5.29. The minimum Gasteiger partial charge on any atom is -0.468 e. The number of methoxy groups -OCH3 is 1. The maximum Gasteiger partial charge on any atom is 0.325 e. The fraction of sp³-hybridized carbons (Fsp3) is 0.438. The van der Waals surface area contributed by atoms with Crippen LogP contribution in [0.4, 0.5) is 5.69 Å². The maximum absolute atomic E-state index is 11.7. The predicted octanol–water partition coefficient (Wildman–Crippen LogP) is 1.01. The van der Waals surface area contributed by atoms with E-state index in [2.05, 4.69) is 15.4 Å². The normalized spacial score (nSPS) is 11.0. The van der Waals surface area contributed by atoms with Crippen LogP contribution in [-0.4, -0.2) is 37.5 Å². The Balaban J connectivity index is 0.00000529. The maximum atomic E-state index is 11.7. The highest BCUT2D eigenvalue weighted by molar-refractivity contribution is 5.90. The zero-order valence-electron chi connectivity index (χ0n) is 13.8. The molecule has 134 valence electrons. The largest absolute Gasteiger partial charge is 0.468 e. The lowest BCUT2D eigenvalue weighted by molar-refractivity contribution is -0.141. The first kappa shape index (κ1) is 21.9. The van der Waals surface area contributed by atoms with Gasteiger partial charge in [0.15, 0.2) is 0 Å². The Labute approximate surface area is 147 Å². The molecule has 0 spiro atoms. The van der Waals surface area contributed by atoms with E-state index in [9.17, 15) is 14.4 Å². The fourth-order valence-electron chi connectivity index (χ4n) is 1.78. The third-order valence-electron chi connectivity index (χ3n) is 3.09. The van der Waals surface area contributed by atoms with Crippen molar-refractivity contribution in [3.8, 4) is 0 Å². The van der Waals surface area contributed by atoms with Gasteiger partial charge in [-0.2, -0.15) is 0 Å². The van der Waals surface area contributed by atoms with Crippen LogP contribution in [0.3, 0.4) is 0 Å². The number of benzene rings is 1. The zero-order valence-corrected chi connectivity index (χ0v) is 14.7. The summed E-state index contributed by atoms with van der Waals surface area (Å²) in [7, 11) is 1.26. The van der Waals surface area contributed by atoms with Gasteiger partial charge in [0.05, 0.1) is 13.5 Å². The second kappa shape index (κ2) is 11.4. The Morgan fingerprint density at radius 2 is 1.79 bits per heavy atom. The highest BCUT2D eigenvalue weighted by atomic mass is 35.5. The van der Waals surface area contributed by atoms with Crippen molar-refractivity contribution in [1.82, 2.24) is 5.32 Å². The molecule has 0 fully saturated rings. The van der Waals surface area contributed by atoms with E-state index in [1.807, 2.05) is 6.92 Å².